The molecule has 0 spiro atoms. The molecule has 0 atom stereocenters. The first-order valence-electron chi connectivity index (χ1n) is 4.85. The van der Waals surface area contributed by atoms with Crippen LogP contribution in [0.15, 0.2) is 4.42 Å². The fraction of sp³-hybridized carbons (Fsp3) is 0.667. The highest BCUT2D eigenvalue weighted by atomic mass is 16.4. The largest absolute Gasteiger partial charge is 0.425 e. The predicted molar refractivity (Wildman–Crippen MR) is 56.4 cm³/mol. The van der Waals surface area contributed by atoms with Gasteiger partial charge in [0.1, 0.15) is 0 Å². The van der Waals surface area contributed by atoms with Crippen molar-refractivity contribution in [3.63, 3.8) is 0 Å². The van der Waals surface area contributed by atoms with Crippen molar-refractivity contribution in [1.29, 1.82) is 0 Å². The summed E-state index contributed by atoms with van der Waals surface area (Å²) >= 11 is 0. The molecule has 0 unspecified atom stereocenters. The molecule has 0 aliphatic carbocycles. The highest BCUT2D eigenvalue weighted by Crippen LogP contribution is 1.99. The second-order valence-corrected chi connectivity index (χ2v) is 2.77. The quantitative estimate of drug-likeness (QED) is 0.522. The lowest BCUT2D eigenvalue weighted by Crippen LogP contribution is -2.14. The lowest BCUT2D eigenvalue weighted by atomic mass is 10.4. The van der Waals surface area contributed by atoms with Gasteiger partial charge in [0.2, 0.25) is 18.2 Å². The van der Waals surface area contributed by atoms with Crippen LogP contribution in [0.25, 0.3) is 0 Å². The van der Waals surface area contributed by atoms with Gasteiger partial charge >= 0.3 is 0 Å². The van der Waals surface area contributed by atoms with E-state index in [-0.39, 0.29) is 0 Å². The van der Waals surface area contributed by atoms with Crippen molar-refractivity contribution in [3.8, 4) is 0 Å². The summed E-state index contributed by atoms with van der Waals surface area (Å²) in [6.07, 6.45) is 1.98. The number of rotatable bonds is 5. The van der Waals surface area contributed by atoms with Gasteiger partial charge in [-0.1, -0.05) is 6.92 Å². The molecule has 0 aromatic carbocycles. The van der Waals surface area contributed by atoms with Crippen LogP contribution in [0.4, 0.5) is 0 Å². The van der Waals surface area contributed by atoms with Gasteiger partial charge in [-0.15, -0.1) is 10.2 Å². The molecule has 1 amide bonds. The van der Waals surface area contributed by atoms with E-state index < -0.39 is 0 Å². The summed E-state index contributed by atoms with van der Waals surface area (Å²) in [5.41, 5.74) is 0. The van der Waals surface area contributed by atoms with Crippen LogP contribution in [0.1, 0.15) is 18.7 Å². The Kier molecular flexibility index (Phi) is 8.27. The molecule has 6 nitrogen and oxygen atoms in total. The summed E-state index contributed by atoms with van der Waals surface area (Å²) in [5, 5.41) is 12.8. The van der Waals surface area contributed by atoms with E-state index in [0.717, 1.165) is 6.42 Å². The van der Waals surface area contributed by atoms with Crippen molar-refractivity contribution < 1.29 is 9.21 Å². The molecule has 1 aromatic rings. The Morgan fingerprint density at radius 3 is 2.40 bits per heavy atom. The number of amides is 1. The maximum Gasteiger partial charge on any atom is 0.218 e. The van der Waals surface area contributed by atoms with Crippen LogP contribution in [0, 0.1) is 0 Å². The zero-order valence-corrected chi connectivity index (χ0v) is 9.41. The van der Waals surface area contributed by atoms with Gasteiger partial charge in [-0.25, -0.2) is 0 Å². The lowest BCUT2D eigenvalue weighted by molar-refractivity contribution is -0.109. The Morgan fingerprint density at radius 1 is 1.33 bits per heavy atom. The van der Waals surface area contributed by atoms with Crippen LogP contribution >= 0.6 is 0 Å². The third-order valence-corrected chi connectivity index (χ3v) is 1.38. The first kappa shape index (κ1) is 13.6. The van der Waals surface area contributed by atoms with Gasteiger partial charge in [0.05, 0.1) is 0 Å². The first-order valence-corrected chi connectivity index (χ1v) is 4.85. The number of carbonyl (C=O) groups is 1. The third-order valence-electron chi connectivity index (χ3n) is 1.38. The molecule has 86 valence electrons. The van der Waals surface area contributed by atoms with Gasteiger partial charge in [-0.05, 0) is 14.1 Å². The molecule has 0 saturated heterocycles. The molecular formula is C9H18N4O2. The minimum atomic E-state index is 0.537. The molecule has 2 N–H and O–H groups in total. The summed E-state index contributed by atoms with van der Waals surface area (Å²) in [7, 11) is 3.75. The zero-order chi connectivity index (χ0) is 11.5. The van der Waals surface area contributed by atoms with Gasteiger partial charge in [0.25, 0.3) is 0 Å². The normalized spacial score (nSPS) is 9.00. The predicted octanol–water partition coefficient (Wildman–Crippen LogP) is -0.244. The van der Waals surface area contributed by atoms with Gasteiger partial charge in [-0.3, -0.25) is 4.79 Å². The summed E-state index contributed by atoms with van der Waals surface area (Å²) in [6.45, 7) is 2.48. The number of carbonyl (C=O) groups excluding carboxylic acids is 1. The maximum absolute atomic E-state index is 9.88. The molecule has 15 heavy (non-hydrogen) atoms. The van der Waals surface area contributed by atoms with Gasteiger partial charge in [0.15, 0.2) is 0 Å². The average molecular weight is 214 g/mol. The van der Waals surface area contributed by atoms with E-state index in [1.165, 1.54) is 0 Å². The summed E-state index contributed by atoms with van der Waals surface area (Å²) < 4.78 is 5.20. The Labute approximate surface area is 89.5 Å². The summed E-state index contributed by atoms with van der Waals surface area (Å²) in [4.78, 5) is 9.88. The van der Waals surface area contributed by atoms with Crippen molar-refractivity contribution in [1.82, 2.24) is 20.8 Å². The van der Waals surface area contributed by atoms with Crippen molar-refractivity contribution in [2.24, 2.45) is 0 Å². The second kappa shape index (κ2) is 9.14. The summed E-state index contributed by atoms with van der Waals surface area (Å²) in [5.74, 6) is 1.21. The van der Waals surface area contributed by atoms with E-state index in [1.807, 2.05) is 21.0 Å². The third kappa shape index (κ3) is 6.62. The van der Waals surface area contributed by atoms with E-state index in [9.17, 15) is 4.79 Å². The Hall–Kier alpha value is -1.43. The van der Waals surface area contributed by atoms with Gasteiger partial charge in [-0.2, -0.15) is 0 Å². The van der Waals surface area contributed by atoms with E-state index in [4.69, 9.17) is 4.42 Å². The van der Waals surface area contributed by atoms with Gasteiger partial charge < -0.3 is 15.1 Å². The fourth-order valence-electron chi connectivity index (χ4n) is 0.770. The summed E-state index contributed by atoms with van der Waals surface area (Å²) in [6, 6.07) is 0. The maximum atomic E-state index is 9.88. The standard InChI is InChI=1S/C7H11N3O2.C2H7N/c1-2-6-9-10-7(12-6)3-4-8-5-11;1-3-2/h5H,2-4H2,1H3,(H,8,11);3H,1-2H3. The molecule has 0 radical (unpaired) electrons. The SMILES string of the molecule is CCc1nnc(CCNC=O)o1.CNC. The smallest absolute Gasteiger partial charge is 0.218 e. The minimum absolute atomic E-state index is 0.537. The van der Waals surface area contributed by atoms with Crippen LogP contribution in [0.2, 0.25) is 0 Å². The average Bonchev–Trinajstić information content (AvgIpc) is 2.67. The van der Waals surface area contributed by atoms with Crippen LogP contribution in [0.3, 0.4) is 0 Å². The number of aromatic nitrogens is 2. The molecule has 0 saturated carbocycles. The van der Waals surface area contributed by atoms with E-state index >= 15 is 0 Å². The lowest BCUT2D eigenvalue weighted by Gasteiger charge is -1.91. The van der Waals surface area contributed by atoms with Gasteiger partial charge in [0, 0.05) is 19.4 Å². The Balaban J connectivity index is 0.000000583. The van der Waals surface area contributed by atoms with Crippen LogP contribution in [-0.4, -0.2) is 37.2 Å². The fourth-order valence-corrected chi connectivity index (χ4v) is 0.770. The van der Waals surface area contributed by atoms with E-state index in [2.05, 4.69) is 20.8 Å². The molecule has 0 bridgehead atoms. The Morgan fingerprint density at radius 2 is 1.93 bits per heavy atom. The molecule has 0 fully saturated rings. The first-order chi connectivity index (χ1) is 7.28. The number of nitrogens with one attached hydrogen (secondary N) is 2. The molecule has 1 heterocycles. The van der Waals surface area contributed by atoms with Crippen molar-refractivity contribution >= 4 is 6.41 Å². The molecule has 1 rings (SSSR count). The monoisotopic (exact) mass is 214 g/mol. The van der Waals surface area contributed by atoms with Crippen molar-refractivity contribution in [2.75, 3.05) is 20.6 Å². The van der Waals surface area contributed by atoms with Crippen molar-refractivity contribution in [2.45, 2.75) is 19.8 Å². The zero-order valence-electron chi connectivity index (χ0n) is 9.41. The van der Waals surface area contributed by atoms with Crippen LogP contribution in [-0.2, 0) is 17.6 Å². The highest BCUT2D eigenvalue weighted by Gasteiger charge is 2.02. The number of hydrogen-bond acceptors (Lipinski definition) is 5. The Bertz CT molecular complexity index is 262. The molecule has 1 aromatic heterocycles. The molecular weight excluding hydrogens is 196 g/mol. The van der Waals surface area contributed by atoms with E-state index in [0.29, 0.717) is 31.2 Å². The number of hydrogen-bond donors (Lipinski definition) is 2. The van der Waals surface area contributed by atoms with E-state index in [1.54, 1.807) is 0 Å². The topological polar surface area (TPSA) is 80.1 Å². The number of aryl methyl sites for hydroxylation is 1. The second-order valence-electron chi connectivity index (χ2n) is 2.77. The van der Waals surface area contributed by atoms with Crippen LogP contribution < -0.4 is 10.6 Å². The molecule has 0 aliphatic heterocycles. The van der Waals surface area contributed by atoms with Crippen LogP contribution in [0.5, 0.6) is 0 Å². The minimum Gasteiger partial charge on any atom is -0.425 e. The molecule has 0 aliphatic rings. The molecule has 6 heteroatoms. The van der Waals surface area contributed by atoms with Crippen molar-refractivity contribution in [3.05, 3.63) is 11.8 Å². The number of nitrogens with zero attached hydrogens (tertiary/aromatic N) is 2. The highest BCUT2D eigenvalue weighted by molar-refractivity contribution is 5.45.